The zero-order chi connectivity index (χ0) is 28.3. The van der Waals surface area contributed by atoms with Gasteiger partial charge in [-0.05, 0) is 48.3 Å². The Morgan fingerprint density at radius 3 is 1.63 bits per heavy atom. The zero-order valence-corrected chi connectivity index (χ0v) is 25.1. The molecule has 7 nitrogen and oxygen atoms in total. The number of aliphatic hydroxyl groups is 4. The van der Waals surface area contributed by atoms with Gasteiger partial charge in [0.2, 0.25) is 0 Å². The van der Waals surface area contributed by atoms with Crippen molar-refractivity contribution in [2.75, 3.05) is 24.7 Å². The van der Waals surface area contributed by atoms with E-state index in [0.29, 0.717) is 6.42 Å². The molecule has 0 fully saturated rings. The van der Waals surface area contributed by atoms with Crippen LogP contribution in [0.5, 0.6) is 0 Å². The highest BCUT2D eigenvalue weighted by Crippen LogP contribution is 2.56. The van der Waals surface area contributed by atoms with Crippen LogP contribution in [0.1, 0.15) is 95.9 Å². The SMILES string of the molecule is CC(C)(C)CC(C)(C)C(C)(O)C(C)(C)CC(C)(C(=O)OCC(O)CS(=O)CC(O)CO)C(C)(C)C. The fourth-order valence-electron chi connectivity index (χ4n) is 5.04. The third-order valence-electron chi connectivity index (χ3n) is 7.88. The van der Waals surface area contributed by atoms with E-state index >= 15 is 0 Å². The molecule has 0 aromatic carbocycles. The van der Waals surface area contributed by atoms with Crippen molar-refractivity contribution in [2.45, 2.75) is 114 Å². The predicted molar refractivity (Wildman–Crippen MR) is 142 cm³/mol. The molecule has 0 aliphatic rings. The van der Waals surface area contributed by atoms with E-state index < -0.39 is 62.8 Å². The van der Waals surface area contributed by atoms with Crippen LogP contribution in [0.25, 0.3) is 0 Å². The fraction of sp³-hybridized carbons (Fsp3) is 0.963. The molecular formula is C27H54O7S. The Morgan fingerprint density at radius 1 is 0.800 bits per heavy atom. The Balaban J connectivity index is 5.72. The van der Waals surface area contributed by atoms with E-state index in [-0.39, 0.29) is 23.5 Å². The average Bonchev–Trinajstić information content (AvgIpc) is 2.62. The summed E-state index contributed by atoms with van der Waals surface area (Å²) in [5.41, 5.74) is -3.68. The summed E-state index contributed by atoms with van der Waals surface area (Å²) in [4.78, 5) is 13.4. The summed E-state index contributed by atoms with van der Waals surface area (Å²) in [5.74, 6) is -0.810. The number of aliphatic hydroxyl groups excluding tert-OH is 3. The van der Waals surface area contributed by atoms with Crippen molar-refractivity contribution in [1.29, 1.82) is 0 Å². The van der Waals surface area contributed by atoms with E-state index in [4.69, 9.17) is 9.84 Å². The number of carbonyl (C=O) groups excluding carboxylic acids is 1. The minimum absolute atomic E-state index is 0.0132. The van der Waals surface area contributed by atoms with Gasteiger partial charge in [-0.15, -0.1) is 0 Å². The minimum atomic E-state index is -1.56. The van der Waals surface area contributed by atoms with E-state index in [9.17, 15) is 24.3 Å². The molecule has 0 aliphatic heterocycles. The molecule has 4 N–H and O–H groups in total. The van der Waals surface area contributed by atoms with Crippen molar-refractivity contribution in [1.82, 2.24) is 0 Å². The van der Waals surface area contributed by atoms with E-state index in [1.54, 1.807) is 0 Å². The third kappa shape index (κ3) is 9.37. The number of ether oxygens (including phenoxy) is 1. The van der Waals surface area contributed by atoms with Gasteiger partial charge in [-0.1, -0.05) is 69.2 Å². The zero-order valence-electron chi connectivity index (χ0n) is 24.3. The minimum Gasteiger partial charge on any atom is -0.462 e. The van der Waals surface area contributed by atoms with E-state index in [2.05, 4.69) is 34.6 Å². The van der Waals surface area contributed by atoms with Gasteiger partial charge in [0, 0.05) is 10.8 Å². The fourth-order valence-corrected chi connectivity index (χ4v) is 6.24. The van der Waals surface area contributed by atoms with E-state index in [0.717, 1.165) is 6.42 Å². The Bertz CT molecular complexity index is 716. The first-order valence-corrected chi connectivity index (χ1v) is 14.0. The molecule has 0 heterocycles. The van der Waals surface area contributed by atoms with Crippen LogP contribution in [-0.4, -0.2) is 73.1 Å². The first-order valence-electron chi connectivity index (χ1n) is 12.5. The summed E-state index contributed by atoms with van der Waals surface area (Å²) in [6.45, 7) is 23.3. The monoisotopic (exact) mass is 522 g/mol. The van der Waals surface area contributed by atoms with Crippen LogP contribution in [-0.2, 0) is 20.3 Å². The number of carbonyl (C=O) groups is 1. The highest BCUT2D eigenvalue weighted by Gasteiger charge is 2.57. The summed E-state index contributed by atoms with van der Waals surface area (Å²) in [5, 5.41) is 40.4. The van der Waals surface area contributed by atoms with Crippen LogP contribution in [0, 0.1) is 27.1 Å². The van der Waals surface area contributed by atoms with Crippen molar-refractivity contribution in [3.8, 4) is 0 Å². The molecule has 0 spiro atoms. The van der Waals surface area contributed by atoms with Crippen molar-refractivity contribution >= 4 is 16.8 Å². The van der Waals surface area contributed by atoms with Crippen LogP contribution in [0.2, 0.25) is 0 Å². The van der Waals surface area contributed by atoms with Gasteiger partial charge in [0.1, 0.15) is 6.61 Å². The van der Waals surface area contributed by atoms with Crippen molar-refractivity contribution in [2.24, 2.45) is 27.1 Å². The maximum absolute atomic E-state index is 13.4. The molecule has 5 atom stereocenters. The van der Waals surface area contributed by atoms with Crippen LogP contribution in [0.15, 0.2) is 0 Å². The molecule has 0 amide bonds. The molecule has 210 valence electrons. The highest BCUT2D eigenvalue weighted by atomic mass is 32.2. The lowest BCUT2D eigenvalue weighted by Crippen LogP contribution is -2.57. The normalized spacial score (nSPS) is 19.9. The molecule has 0 bridgehead atoms. The molecule has 35 heavy (non-hydrogen) atoms. The largest absolute Gasteiger partial charge is 0.462 e. The summed E-state index contributed by atoms with van der Waals surface area (Å²) in [6, 6.07) is 0. The molecule has 0 aromatic heterocycles. The van der Waals surface area contributed by atoms with Gasteiger partial charge in [0.25, 0.3) is 0 Å². The molecule has 0 saturated heterocycles. The summed E-state index contributed by atoms with van der Waals surface area (Å²) >= 11 is 0. The molecule has 5 unspecified atom stereocenters. The Hall–Kier alpha value is -0.540. The Labute approximate surface area is 216 Å². The smallest absolute Gasteiger partial charge is 0.312 e. The van der Waals surface area contributed by atoms with E-state index in [1.807, 2.05) is 48.5 Å². The summed E-state index contributed by atoms with van der Waals surface area (Å²) in [6.07, 6.45) is -1.13. The Kier molecular flexibility index (Phi) is 11.7. The van der Waals surface area contributed by atoms with Crippen LogP contribution in [0.4, 0.5) is 0 Å². The molecule has 8 heteroatoms. The molecule has 0 rings (SSSR count). The van der Waals surface area contributed by atoms with Crippen molar-refractivity contribution in [3.05, 3.63) is 0 Å². The lowest BCUT2D eigenvalue weighted by Gasteiger charge is -2.55. The number of hydrogen-bond donors (Lipinski definition) is 4. The second-order valence-corrected chi connectivity index (χ2v) is 15.7. The third-order valence-corrected chi connectivity index (χ3v) is 9.40. The van der Waals surface area contributed by atoms with Gasteiger partial charge in [-0.25, -0.2) is 0 Å². The first-order chi connectivity index (χ1) is 15.3. The molecule has 0 radical (unpaired) electrons. The quantitative estimate of drug-likeness (QED) is 0.272. The first kappa shape index (κ1) is 34.5. The van der Waals surface area contributed by atoms with Crippen LogP contribution >= 0.6 is 0 Å². The molecule has 0 saturated carbocycles. The lowest BCUT2D eigenvalue weighted by atomic mass is 9.52. The molecular weight excluding hydrogens is 468 g/mol. The van der Waals surface area contributed by atoms with Crippen LogP contribution in [0.3, 0.4) is 0 Å². The maximum Gasteiger partial charge on any atom is 0.312 e. The number of hydrogen-bond acceptors (Lipinski definition) is 7. The van der Waals surface area contributed by atoms with Crippen LogP contribution < -0.4 is 0 Å². The summed E-state index contributed by atoms with van der Waals surface area (Å²) in [7, 11) is -1.56. The predicted octanol–water partition coefficient (Wildman–Crippen LogP) is 3.67. The van der Waals surface area contributed by atoms with Gasteiger partial charge in [-0.3, -0.25) is 9.00 Å². The highest BCUT2D eigenvalue weighted by molar-refractivity contribution is 7.85. The van der Waals surface area contributed by atoms with E-state index in [1.165, 1.54) is 0 Å². The number of rotatable bonds is 13. The second kappa shape index (κ2) is 11.9. The molecule has 0 aliphatic carbocycles. The second-order valence-electron chi connectivity index (χ2n) is 14.2. The number of esters is 1. The van der Waals surface area contributed by atoms with Gasteiger partial charge in [0.05, 0.1) is 41.3 Å². The van der Waals surface area contributed by atoms with Crippen molar-refractivity contribution < 1.29 is 34.2 Å². The van der Waals surface area contributed by atoms with Gasteiger partial charge in [0.15, 0.2) is 0 Å². The van der Waals surface area contributed by atoms with Gasteiger partial charge >= 0.3 is 5.97 Å². The summed E-state index contributed by atoms with van der Waals surface area (Å²) < 4.78 is 17.6. The Morgan fingerprint density at radius 2 is 1.23 bits per heavy atom. The lowest BCUT2D eigenvalue weighted by molar-refractivity contribution is -0.186. The van der Waals surface area contributed by atoms with Gasteiger partial charge in [-0.2, -0.15) is 0 Å². The average molecular weight is 523 g/mol. The standard InChI is InChI=1S/C27H54O7S/c1-22(2,3)17-24(7,8)27(12,32)25(9,10)18-26(11,23(4,5)6)21(31)34-14-20(30)16-35(33)15-19(29)13-28/h19-20,28-30,32H,13-18H2,1-12H3. The molecule has 0 aromatic rings. The van der Waals surface area contributed by atoms with Crippen molar-refractivity contribution in [3.63, 3.8) is 0 Å². The van der Waals surface area contributed by atoms with Gasteiger partial charge < -0.3 is 25.2 Å². The topological polar surface area (TPSA) is 124 Å². The maximum atomic E-state index is 13.4.